The van der Waals surface area contributed by atoms with Crippen molar-refractivity contribution in [1.29, 1.82) is 0 Å². The molecule has 1 amide bonds. The summed E-state index contributed by atoms with van der Waals surface area (Å²) < 4.78 is 0. The second kappa shape index (κ2) is 3.41. The standard InChI is InChI=1S/C8H15NO3/c1-2-7(11)9-4-3-8(12,5-9)6-10/h10,12H,2-6H2,1H3. The van der Waals surface area contributed by atoms with Crippen LogP contribution in [0.15, 0.2) is 0 Å². The predicted octanol–water partition coefficient (Wildman–Crippen LogP) is -0.648. The van der Waals surface area contributed by atoms with E-state index >= 15 is 0 Å². The van der Waals surface area contributed by atoms with Crippen LogP contribution in [0.2, 0.25) is 0 Å². The number of hydrogen-bond donors (Lipinski definition) is 2. The Morgan fingerprint density at radius 3 is 2.75 bits per heavy atom. The third-order valence-corrected chi connectivity index (χ3v) is 2.28. The molecule has 0 aliphatic carbocycles. The lowest BCUT2D eigenvalue weighted by molar-refractivity contribution is -0.131. The van der Waals surface area contributed by atoms with Crippen LogP contribution in [0.5, 0.6) is 0 Å². The van der Waals surface area contributed by atoms with Gasteiger partial charge in [-0.15, -0.1) is 0 Å². The fourth-order valence-corrected chi connectivity index (χ4v) is 1.42. The Hall–Kier alpha value is -0.610. The molecule has 0 bridgehead atoms. The van der Waals surface area contributed by atoms with E-state index in [9.17, 15) is 9.90 Å². The molecule has 1 heterocycles. The first-order chi connectivity index (χ1) is 5.61. The Morgan fingerprint density at radius 2 is 2.33 bits per heavy atom. The summed E-state index contributed by atoms with van der Waals surface area (Å²) in [5, 5.41) is 18.4. The van der Waals surface area contributed by atoms with Gasteiger partial charge in [-0.25, -0.2) is 0 Å². The van der Waals surface area contributed by atoms with Crippen LogP contribution in [0, 0.1) is 0 Å². The van der Waals surface area contributed by atoms with Crippen molar-refractivity contribution in [2.24, 2.45) is 0 Å². The molecule has 1 aliphatic rings. The van der Waals surface area contributed by atoms with Gasteiger partial charge in [-0.2, -0.15) is 0 Å². The van der Waals surface area contributed by atoms with Gasteiger partial charge in [0.1, 0.15) is 5.60 Å². The van der Waals surface area contributed by atoms with Gasteiger partial charge in [0.15, 0.2) is 0 Å². The van der Waals surface area contributed by atoms with Crippen LogP contribution in [-0.4, -0.2) is 46.3 Å². The third kappa shape index (κ3) is 1.76. The number of carbonyl (C=O) groups excluding carboxylic acids is 1. The summed E-state index contributed by atoms with van der Waals surface area (Å²) in [6.45, 7) is 2.36. The first-order valence-electron chi connectivity index (χ1n) is 4.22. The molecule has 1 saturated heterocycles. The first kappa shape index (κ1) is 9.48. The zero-order chi connectivity index (χ0) is 9.19. The summed E-state index contributed by atoms with van der Waals surface area (Å²) in [5.74, 6) is 0.0411. The largest absolute Gasteiger partial charge is 0.393 e. The molecule has 0 aromatic carbocycles. The zero-order valence-corrected chi connectivity index (χ0v) is 7.29. The van der Waals surface area contributed by atoms with E-state index in [1.165, 1.54) is 0 Å². The number of nitrogens with zero attached hydrogens (tertiary/aromatic N) is 1. The van der Waals surface area contributed by atoms with Crippen molar-refractivity contribution in [3.8, 4) is 0 Å². The van der Waals surface area contributed by atoms with Crippen LogP contribution >= 0.6 is 0 Å². The normalized spacial score (nSPS) is 29.4. The van der Waals surface area contributed by atoms with Crippen molar-refractivity contribution in [1.82, 2.24) is 4.90 Å². The minimum Gasteiger partial charge on any atom is -0.393 e. The summed E-state index contributed by atoms with van der Waals surface area (Å²) in [6, 6.07) is 0. The molecule has 0 aromatic heterocycles. The van der Waals surface area contributed by atoms with Crippen LogP contribution < -0.4 is 0 Å². The Labute approximate surface area is 71.8 Å². The number of rotatable bonds is 2. The average Bonchev–Trinajstić information content (AvgIpc) is 2.48. The lowest BCUT2D eigenvalue weighted by Gasteiger charge is -2.20. The molecular formula is C8H15NO3. The molecule has 4 heteroatoms. The number of likely N-dealkylation sites (tertiary alicyclic amines) is 1. The second-order valence-electron chi connectivity index (χ2n) is 3.30. The van der Waals surface area contributed by atoms with E-state index in [0.717, 1.165) is 0 Å². The molecule has 0 radical (unpaired) electrons. The van der Waals surface area contributed by atoms with Crippen molar-refractivity contribution in [2.75, 3.05) is 19.7 Å². The topological polar surface area (TPSA) is 60.8 Å². The zero-order valence-electron chi connectivity index (χ0n) is 7.29. The molecule has 12 heavy (non-hydrogen) atoms. The lowest BCUT2D eigenvalue weighted by atomic mass is 10.1. The number of carbonyl (C=O) groups is 1. The van der Waals surface area contributed by atoms with Gasteiger partial charge >= 0.3 is 0 Å². The van der Waals surface area contributed by atoms with E-state index in [1.54, 1.807) is 11.8 Å². The van der Waals surface area contributed by atoms with Crippen LogP contribution in [0.25, 0.3) is 0 Å². The lowest BCUT2D eigenvalue weighted by Crippen LogP contribution is -2.38. The molecule has 0 aromatic rings. The van der Waals surface area contributed by atoms with Gasteiger partial charge in [-0.3, -0.25) is 4.79 Å². The summed E-state index contributed by atoms with van der Waals surface area (Å²) in [5.41, 5.74) is -1.05. The minimum atomic E-state index is -1.05. The molecule has 70 valence electrons. The average molecular weight is 173 g/mol. The summed E-state index contributed by atoms with van der Waals surface area (Å²) in [6.07, 6.45) is 0.941. The van der Waals surface area contributed by atoms with Gasteiger partial charge in [0, 0.05) is 13.0 Å². The van der Waals surface area contributed by atoms with E-state index in [2.05, 4.69) is 0 Å². The third-order valence-electron chi connectivity index (χ3n) is 2.28. The Morgan fingerprint density at radius 1 is 1.67 bits per heavy atom. The Kier molecular flexibility index (Phi) is 2.69. The Balaban J connectivity index is 2.50. The monoisotopic (exact) mass is 173 g/mol. The molecule has 1 rings (SSSR count). The fourth-order valence-electron chi connectivity index (χ4n) is 1.42. The van der Waals surface area contributed by atoms with Crippen molar-refractivity contribution in [2.45, 2.75) is 25.4 Å². The number of hydrogen-bond acceptors (Lipinski definition) is 3. The highest BCUT2D eigenvalue weighted by Crippen LogP contribution is 2.20. The number of amides is 1. The molecule has 1 fully saturated rings. The van der Waals surface area contributed by atoms with Crippen LogP contribution in [0.4, 0.5) is 0 Å². The molecular weight excluding hydrogens is 158 g/mol. The second-order valence-corrected chi connectivity index (χ2v) is 3.30. The number of aliphatic hydroxyl groups excluding tert-OH is 1. The summed E-state index contributed by atoms with van der Waals surface area (Å²) in [4.78, 5) is 12.7. The number of aliphatic hydroxyl groups is 2. The molecule has 1 atom stereocenters. The van der Waals surface area contributed by atoms with Crippen LogP contribution in [-0.2, 0) is 4.79 Å². The van der Waals surface area contributed by atoms with Gasteiger partial charge in [-0.05, 0) is 6.42 Å². The highest BCUT2D eigenvalue weighted by atomic mass is 16.3. The van der Waals surface area contributed by atoms with E-state index in [1.807, 2.05) is 0 Å². The quantitative estimate of drug-likeness (QED) is 0.583. The minimum absolute atomic E-state index is 0.0411. The Bertz CT molecular complexity index is 183. The van der Waals surface area contributed by atoms with Gasteiger partial charge in [0.05, 0.1) is 13.2 Å². The molecule has 0 spiro atoms. The smallest absolute Gasteiger partial charge is 0.222 e. The number of β-amino-alcohol motifs (C(OH)–C–C–N with tert-alkyl or cyclic N) is 1. The molecule has 2 N–H and O–H groups in total. The van der Waals surface area contributed by atoms with Crippen molar-refractivity contribution < 1.29 is 15.0 Å². The maximum atomic E-state index is 11.2. The highest BCUT2D eigenvalue weighted by Gasteiger charge is 2.36. The van der Waals surface area contributed by atoms with Gasteiger partial charge in [-0.1, -0.05) is 6.92 Å². The molecule has 1 aliphatic heterocycles. The van der Waals surface area contributed by atoms with Crippen LogP contribution in [0.1, 0.15) is 19.8 Å². The predicted molar refractivity (Wildman–Crippen MR) is 43.5 cm³/mol. The van der Waals surface area contributed by atoms with Crippen molar-refractivity contribution in [3.63, 3.8) is 0 Å². The maximum absolute atomic E-state index is 11.2. The van der Waals surface area contributed by atoms with Gasteiger partial charge < -0.3 is 15.1 Å². The van der Waals surface area contributed by atoms with E-state index in [0.29, 0.717) is 19.4 Å². The first-order valence-corrected chi connectivity index (χ1v) is 4.22. The highest BCUT2D eigenvalue weighted by molar-refractivity contribution is 5.76. The molecule has 1 unspecified atom stereocenters. The van der Waals surface area contributed by atoms with E-state index in [-0.39, 0.29) is 19.1 Å². The molecule has 0 saturated carbocycles. The summed E-state index contributed by atoms with van der Waals surface area (Å²) in [7, 11) is 0. The fraction of sp³-hybridized carbons (Fsp3) is 0.875. The van der Waals surface area contributed by atoms with Gasteiger partial charge in [0.2, 0.25) is 5.91 Å². The SMILES string of the molecule is CCC(=O)N1CCC(O)(CO)C1. The van der Waals surface area contributed by atoms with Crippen LogP contribution in [0.3, 0.4) is 0 Å². The summed E-state index contributed by atoms with van der Waals surface area (Å²) >= 11 is 0. The van der Waals surface area contributed by atoms with Crippen molar-refractivity contribution >= 4 is 5.91 Å². The van der Waals surface area contributed by atoms with Crippen molar-refractivity contribution in [3.05, 3.63) is 0 Å². The van der Waals surface area contributed by atoms with E-state index < -0.39 is 5.60 Å². The maximum Gasteiger partial charge on any atom is 0.222 e. The molecule has 4 nitrogen and oxygen atoms in total. The van der Waals surface area contributed by atoms with Gasteiger partial charge in [0.25, 0.3) is 0 Å². The van der Waals surface area contributed by atoms with E-state index in [4.69, 9.17) is 5.11 Å².